The molecule has 0 radical (unpaired) electrons. The Hall–Kier alpha value is -0.570. The molecule has 0 aliphatic carbocycles. The average molecular weight is 256 g/mol. The van der Waals surface area contributed by atoms with Gasteiger partial charge in [0.1, 0.15) is 5.60 Å². The lowest BCUT2D eigenvalue weighted by atomic mass is 10.1. The summed E-state index contributed by atoms with van der Waals surface area (Å²) in [4.78, 5) is 11.7. The minimum Gasteiger partial charge on any atom is -0.458 e. The summed E-state index contributed by atoms with van der Waals surface area (Å²) < 4.78 is 10.7. The third-order valence-corrected chi connectivity index (χ3v) is 3.06. The van der Waals surface area contributed by atoms with Gasteiger partial charge in [-0.15, -0.1) is 0 Å². The highest BCUT2D eigenvalue weighted by Crippen LogP contribution is 2.30. The van der Waals surface area contributed by atoms with Crippen LogP contribution in [-0.2, 0) is 14.3 Å². The molecule has 0 aromatic rings. The molecule has 1 rings (SSSR count). The smallest absolute Gasteiger partial charge is 0.338 e. The number of ether oxygens (including phenoxy) is 2. The second-order valence-corrected chi connectivity index (χ2v) is 6.19. The van der Waals surface area contributed by atoms with Crippen LogP contribution < -0.4 is 0 Å². The van der Waals surface area contributed by atoms with Crippen LogP contribution >= 0.6 is 0 Å². The first-order chi connectivity index (χ1) is 8.44. The van der Waals surface area contributed by atoms with Crippen LogP contribution in [0.15, 0.2) is 0 Å². The van der Waals surface area contributed by atoms with E-state index in [0.29, 0.717) is 0 Å². The molecule has 3 heteroatoms. The maximum absolute atomic E-state index is 11.7. The molecular weight excluding hydrogens is 228 g/mol. The van der Waals surface area contributed by atoms with Gasteiger partial charge in [0.25, 0.3) is 0 Å². The number of unbranched alkanes of at least 4 members (excludes halogenated alkanes) is 5. The fraction of sp³-hybridized carbons (Fsp3) is 0.933. The van der Waals surface area contributed by atoms with Gasteiger partial charge in [-0.1, -0.05) is 45.4 Å². The van der Waals surface area contributed by atoms with Gasteiger partial charge in [-0.25, -0.2) is 4.79 Å². The molecule has 1 fully saturated rings. The van der Waals surface area contributed by atoms with Crippen molar-refractivity contribution < 1.29 is 14.3 Å². The Bertz CT molecular complexity index is 255. The summed E-state index contributed by atoms with van der Waals surface area (Å²) >= 11 is 0. The van der Waals surface area contributed by atoms with E-state index in [1.165, 1.54) is 32.1 Å². The summed E-state index contributed by atoms with van der Waals surface area (Å²) in [6.07, 6.45) is 8.48. The maximum atomic E-state index is 11.7. The van der Waals surface area contributed by atoms with Gasteiger partial charge in [-0.3, -0.25) is 0 Å². The topological polar surface area (TPSA) is 38.8 Å². The van der Waals surface area contributed by atoms with Crippen LogP contribution in [0.5, 0.6) is 0 Å². The van der Waals surface area contributed by atoms with Crippen molar-refractivity contribution in [1.82, 2.24) is 0 Å². The zero-order valence-corrected chi connectivity index (χ0v) is 12.3. The number of hydrogen-bond donors (Lipinski definition) is 0. The molecule has 106 valence electrons. The van der Waals surface area contributed by atoms with E-state index >= 15 is 0 Å². The van der Waals surface area contributed by atoms with Gasteiger partial charge < -0.3 is 9.47 Å². The maximum Gasteiger partial charge on any atom is 0.338 e. The molecule has 3 nitrogen and oxygen atoms in total. The number of rotatable bonds is 8. The van der Waals surface area contributed by atoms with Crippen molar-refractivity contribution in [3.8, 4) is 0 Å². The molecule has 0 spiro atoms. The van der Waals surface area contributed by atoms with Crippen molar-refractivity contribution >= 4 is 5.97 Å². The van der Waals surface area contributed by atoms with Gasteiger partial charge in [0, 0.05) is 0 Å². The molecule has 1 heterocycles. The minimum absolute atomic E-state index is 0.117. The number of carbonyl (C=O) groups excluding carboxylic acids is 1. The molecule has 0 aromatic carbocycles. The number of hydrogen-bond acceptors (Lipinski definition) is 3. The number of esters is 1. The van der Waals surface area contributed by atoms with Gasteiger partial charge in [-0.2, -0.15) is 0 Å². The van der Waals surface area contributed by atoms with Crippen molar-refractivity contribution in [3.05, 3.63) is 0 Å². The largest absolute Gasteiger partial charge is 0.458 e. The highest BCUT2D eigenvalue weighted by molar-refractivity contribution is 5.78. The lowest BCUT2D eigenvalue weighted by Gasteiger charge is -2.18. The first kappa shape index (κ1) is 15.5. The quantitative estimate of drug-likeness (QED) is 0.376. The zero-order chi connectivity index (χ0) is 13.6. The normalized spacial score (nSPS) is 22.9. The van der Waals surface area contributed by atoms with Crippen LogP contribution in [0.3, 0.4) is 0 Å². The average Bonchev–Trinajstić information content (AvgIpc) is 3.00. The van der Waals surface area contributed by atoms with E-state index in [2.05, 4.69) is 6.92 Å². The van der Waals surface area contributed by atoms with Crippen LogP contribution in [0.4, 0.5) is 0 Å². The first-order valence-electron chi connectivity index (χ1n) is 7.32. The standard InChI is InChI=1S/C15H28O3/c1-5-6-7-8-9-10-11-12-13(17-12)14(16)18-15(2,3)4/h12-13H,5-11H2,1-4H3/t12-,13+/m1/s1. The summed E-state index contributed by atoms with van der Waals surface area (Å²) in [5, 5.41) is 0. The SMILES string of the molecule is CCCCCCCC[C@H]1O[C@@H]1C(=O)OC(C)(C)C. The molecule has 1 aliphatic heterocycles. The summed E-state index contributed by atoms with van der Waals surface area (Å²) in [6.45, 7) is 7.88. The van der Waals surface area contributed by atoms with Crippen molar-refractivity contribution in [2.75, 3.05) is 0 Å². The Morgan fingerprint density at radius 3 is 2.33 bits per heavy atom. The van der Waals surface area contributed by atoms with Gasteiger partial charge in [-0.05, 0) is 27.2 Å². The predicted molar refractivity (Wildman–Crippen MR) is 72.5 cm³/mol. The van der Waals surface area contributed by atoms with E-state index in [-0.39, 0.29) is 18.2 Å². The van der Waals surface area contributed by atoms with E-state index in [9.17, 15) is 4.79 Å². The summed E-state index contributed by atoms with van der Waals surface area (Å²) in [6, 6.07) is 0. The molecule has 0 amide bonds. The van der Waals surface area contributed by atoms with Crippen LogP contribution in [0.1, 0.15) is 72.6 Å². The second kappa shape index (κ2) is 7.13. The molecule has 0 unspecified atom stereocenters. The number of epoxide rings is 1. The molecule has 2 atom stereocenters. The van der Waals surface area contributed by atoms with Crippen molar-refractivity contribution in [2.24, 2.45) is 0 Å². The second-order valence-electron chi connectivity index (χ2n) is 6.19. The highest BCUT2D eigenvalue weighted by Gasteiger charge is 2.46. The first-order valence-corrected chi connectivity index (χ1v) is 7.32. The molecule has 0 bridgehead atoms. The Kier molecular flexibility index (Phi) is 6.13. The summed E-state index contributed by atoms with van der Waals surface area (Å²) in [7, 11) is 0. The monoisotopic (exact) mass is 256 g/mol. The minimum atomic E-state index is -0.409. The van der Waals surface area contributed by atoms with Crippen LogP contribution in [0.2, 0.25) is 0 Å². The van der Waals surface area contributed by atoms with E-state index in [1.54, 1.807) is 0 Å². The molecule has 18 heavy (non-hydrogen) atoms. The lowest BCUT2D eigenvalue weighted by Crippen LogP contribution is -2.27. The van der Waals surface area contributed by atoms with Gasteiger partial charge >= 0.3 is 5.97 Å². The van der Waals surface area contributed by atoms with Gasteiger partial charge in [0.2, 0.25) is 0 Å². The van der Waals surface area contributed by atoms with Gasteiger partial charge in [0.05, 0.1) is 6.10 Å². The molecule has 0 saturated carbocycles. The van der Waals surface area contributed by atoms with Crippen molar-refractivity contribution in [1.29, 1.82) is 0 Å². The predicted octanol–water partition coefficient (Wildman–Crippen LogP) is 3.85. The fourth-order valence-corrected chi connectivity index (χ4v) is 2.06. The Labute approximate surface area is 111 Å². The fourth-order valence-electron chi connectivity index (χ4n) is 2.06. The van der Waals surface area contributed by atoms with Crippen molar-refractivity contribution in [3.63, 3.8) is 0 Å². The van der Waals surface area contributed by atoms with E-state index in [1.807, 2.05) is 20.8 Å². The molecule has 1 saturated heterocycles. The summed E-state index contributed by atoms with van der Waals surface area (Å²) in [5.74, 6) is -0.196. The van der Waals surface area contributed by atoms with E-state index < -0.39 is 5.60 Å². The van der Waals surface area contributed by atoms with E-state index in [4.69, 9.17) is 9.47 Å². The molecule has 0 aromatic heterocycles. The zero-order valence-electron chi connectivity index (χ0n) is 12.3. The molecular formula is C15H28O3. The third-order valence-electron chi connectivity index (χ3n) is 3.06. The Balaban J connectivity index is 2.02. The molecule has 1 aliphatic rings. The van der Waals surface area contributed by atoms with Crippen LogP contribution in [0.25, 0.3) is 0 Å². The Morgan fingerprint density at radius 1 is 1.11 bits per heavy atom. The summed E-state index contributed by atoms with van der Waals surface area (Å²) in [5.41, 5.74) is -0.409. The highest BCUT2D eigenvalue weighted by atomic mass is 16.6. The van der Waals surface area contributed by atoms with Crippen LogP contribution in [0, 0.1) is 0 Å². The van der Waals surface area contributed by atoms with Gasteiger partial charge in [0.15, 0.2) is 6.10 Å². The molecule has 0 N–H and O–H groups in total. The number of carbonyl (C=O) groups is 1. The van der Waals surface area contributed by atoms with Crippen molar-refractivity contribution in [2.45, 2.75) is 90.4 Å². The lowest BCUT2D eigenvalue weighted by molar-refractivity contribution is -0.156. The van der Waals surface area contributed by atoms with E-state index in [0.717, 1.165) is 12.8 Å². The van der Waals surface area contributed by atoms with Crippen LogP contribution in [-0.4, -0.2) is 23.8 Å². The Morgan fingerprint density at radius 2 is 1.72 bits per heavy atom. The third kappa shape index (κ3) is 6.39.